The highest BCUT2D eigenvalue weighted by atomic mass is 16.5. The maximum atomic E-state index is 14.1. The molecule has 4 rings (SSSR count). The number of amides is 2. The molecule has 0 aliphatic heterocycles. The second-order valence-electron chi connectivity index (χ2n) is 9.90. The number of carbonyl (C=O) groups is 2. The molecule has 0 bridgehead atoms. The number of rotatable bonds is 11. The molecule has 1 N–H and O–H groups in total. The first-order valence-corrected chi connectivity index (χ1v) is 13.5. The van der Waals surface area contributed by atoms with Crippen LogP contribution >= 0.6 is 0 Å². The van der Waals surface area contributed by atoms with E-state index in [9.17, 15) is 9.59 Å². The van der Waals surface area contributed by atoms with Gasteiger partial charge in [-0.2, -0.15) is 0 Å². The Morgan fingerprint density at radius 1 is 0.974 bits per heavy atom. The Morgan fingerprint density at radius 2 is 1.62 bits per heavy atom. The third kappa shape index (κ3) is 6.05. The summed E-state index contributed by atoms with van der Waals surface area (Å²) in [5.74, 6) is 0.960. The maximum absolute atomic E-state index is 14.1. The van der Waals surface area contributed by atoms with Crippen molar-refractivity contribution in [2.45, 2.75) is 64.0 Å². The molecule has 0 spiro atoms. The van der Waals surface area contributed by atoms with Crippen molar-refractivity contribution in [2.24, 2.45) is 0 Å². The number of hydrogen-bond donors (Lipinski definition) is 1. The second kappa shape index (κ2) is 12.7. The quantitative estimate of drug-likeness (QED) is 0.312. The molecular formula is C31H38N2O6. The number of nitrogens with zero attached hydrogens (tertiary/aromatic N) is 1. The fraction of sp³-hybridized carbons (Fsp3) is 0.419. The van der Waals surface area contributed by atoms with Crippen LogP contribution in [0, 0.1) is 0 Å². The van der Waals surface area contributed by atoms with Gasteiger partial charge in [-0.25, -0.2) is 0 Å². The van der Waals surface area contributed by atoms with E-state index in [0.29, 0.717) is 34.4 Å². The van der Waals surface area contributed by atoms with Gasteiger partial charge in [-0.15, -0.1) is 0 Å². The van der Waals surface area contributed by atoms with Gasteiger partial charge in [-0.3, -0.25) is 14.5 Å². The van der Waals surface area contributed by atoms with Crippen LogP contribution in [0.4, 0.5) is 5.69 Å². The molecule has 0 unspecified atom stereocenters. The summed E-state index contributed by atoms with van der Waals surface area (Å²) in [5, 5.41) is 3.19. The van der Waals surface area contributed by atoms with Gasteiger partial charge in [-0.05, 0) is 72.7 Å². The van der Waals surface area contributed by atoms with Gasteiger partial charge in [0.25, 0.3) is 5.91 Å². The summed E-state index contributed by atoms with van der Waals surface area (Å²) in [6.07, 6.45) is 6.38. The van der Waals surface area contributed by atoms with Crippen LogP contribution in [0.5, 0.6) is 17.2 Å². The van der Waals surface area contributed by atoms with Crippen LogP contribution in [0.15, 0.2) is 59.2 Å². The number of methoxy groups -OCH3 is 3. The lowest BCUT2D eigenvalue weighted by Gasteiger charge is -2.32. The van der Waals surface area contributed by atoms with Gasteiger partial charge in [0.05, 0.1) is 27.6 Å². The lowest BCUT2D eigenvalue weighted by Crippen LogP contribution is -2.46. The molecule has 8 heteroatoms. The number of anilines is 1. The monoisotopic (exact) mass is 534 g/mol. The number of furan rings is 1. The van der Waals surface area contributed by atoms with Gasteiger partial charge in [0.1, 0.15) is 6.04 Å². The van der Waals surface area contributed by atoms with E-state index < -0.39 is 11.9 Å². The first kappa shape index (κ1) is 28.1. The summed E-state index contributed by atoms with van der Waals surface area (Å²) in [4.78, 5) is 29.6. The number of nitrogens with one attached hydrogen (secondary N) is 1. The lowest BCUT2D eigenvalue weighted by molar-refractivity contribution is -0.123. The molecule has 3 aromatic rings. The fourth-order valence-corrected chi connectivity index (χ4v) is 5.13. The highest BCUT2D eigenvalue weighted by Gasteiger charge is 2.37. The highest BCUT2D eigenvalue weighted by molar-refractivity contribution is 6.08. The third-order valence-corrected chi connectivity index (χ3v) is 7.51. The van der Waals surface area contributed by atoms with Crippen LogP contribution < -0.4 is 24.4 Å². The molecule has 8 nitrogen and oxygen atoms in total. The van der Waals surface area contributed by atoms with E-state index in [0.717, 1.165) is 37.7 Å². The molecule has 1 aliphatic rings. The minimum Gasteiger partial charge on any atom is -0.493 e. The Hall–Kier alpha value is -3.94. The van der Waals surface area contributed by atoms with E-state index in [1.54, 1.807) is 24.3 Å². The summed E-state index contributed by atoms with van der Waals surface area (Å²) >= 11 is 0. The SMILES string of the molecule is CC[C@@H](C)c1ccc(N(C(=O)c2ccco2)[C@@H](C(=O)NC2CCCC2)c2cc(OC)c(OC)c(OC)c2)cc1. The molecule has 1 heterocycles. The Morgan fingerprint density at radius 3 is 2.13 bits per heavy atom. The van der Waals surface area contributed by atoms with E-state index in [4.69, 9.17) is 18.6 Å². The average molecular weight is 535 g/mol. The van der Waals surface area contributed by atoms with Crippen molar-refractivity contribution in [3.05, 3.63) is 71.7 Å². The van der Waals surface area contributed by atoms with Crippen molar-refractivity contribution >= 4 is 17.5 Å². The molecule has 1 saturated carbocycles. The number of ether oxygens (including phenoxy) is 3. The number of benzene rings is 2. The minimum atomic E-state index is -1.04. The normalized spacial score (nSPS) is 14.9. The fourth-order valence-electron chi connectivity index (χ4n) is 5.13. The van der Waals surface area contributed by atoms with Gasteiger partial charge < -0.3 is 23.9 Å². The zero-order chi connectivity index (χ0) is 27.9. The number of hydrogen-bond acceptors (Lipinski definition) is 6. The van der Waals surface area contributed by atoms with Crippen molar-refractivity contribution in [3.8, 4) is 17.2 Å². The first-order valence-electron chi connectivity index (χ1n) is 13.5. The summed E-state index contributed by atoms with van der Waals surface area (Å²) in [5.41, 5.74) is 2.25. The predicted molar refractivity (Wildman–Crippen MR) is 150 cm³/mol. The van der Waals surface area contributed by atoms with Crippen LogP contribution in [0.1, 0.15) is 79.6 Å². The second-order valence-corrected chi connectivity index (χ2v) is 9.90. The van der Waals surface area contributed by atoms with Crippen molar-refractivity contribution in [2.75, 3.05) is 26.2 Å². The Kier molecular flexibility index (Phi) is 9.17. The third-order valence-electron chi connectivity index (χ3n) is 7.51. The Balaban J connectivity index is 1.89. The van der Waals surface area contributed by atoms with Crippen LogP contribution in [0.3, 0.4) is 0 Å². The van der Waals surface area contributed by atoms with Crippen LogP contribution in [0.2, 0.25) is 0 Å². The maximum Gasteiger partial charge on any atom is 0.294 e. The Labute approximate surface area is 230 Å². The standard InChI is InChI=1S/C31H38N2O6/c1-6-20(2)21-13-15-24(16-14-21)33(31(35)25-12-9-17-39-25)28(30(34)32-23-10-7-8-11-23)22-18-26(36-3)29(38-5)27(19-22)37-4/h9,12-20,23,28H,6-8,10-11H2,1-5H3,(H,32,34)/t20-,28-/m1/s1. The molecule has 1 aromatic heterocycles. The van der Waals surface area contributed by atoms with Crippen molar-refractivity contribution in [1.29, 1.82) is 0 Å². The highest BCUT2D eigenvalue weighted by Crippen LogP contribution is 2.42. The van der Waals surface area contributed by atoms with E-state index in [1.165, 1.54) is 32.5 Å². The minimum absolute atomic E-state index is 0.0513. The zero-order valence-electron chi connectivity index (χ0n) is 23.4. The van der Waals surface area contributed by atoms with Crippen molar-refractivity contribution in [3.63, 3.8) is 0 Å². The van der Waals surface area contributed by atoms with E-state index in [2.05, 4.69) is 19.2 Å². The topological polar surface area (TPSA) is 90.2 Å². The van der Waals surface area contributed by atoms with E-state index >= 15 is 0 Å². The number of carbonyl (C=O) groups excluding carboxylic acids is 2. The van der Waals surface area contributed by atoms with Crippen LogP contribution in [-0.2, 0) is 4.79 Å². The van der Waals surface area contributed by atoms with Crippen LogP contribution in [0.25, 0.3) is 0 Å². The smallest absolute Gasteiger partial charge is 0.294 e. The van der Waals surface area contributed by atoms with Gasteiger partial charge in [0, 0.05) is 11.7 Å². The van der Waals surface area contributed by atoms with Crippen LogP contribution in [-0.4, -0.2) is 39.2 Å². The first-order chi connectivity index (χ1) is 18.9. The summed E-state index contributed by atoms with van der Waals surface area (Å²) in [6, 6.07) is 13.5. The Bertz CT molecular complexity index is 1220. The van der Waals surface area contributed by atoms with Gasteiger partial charge >= 0.3 is 0 Å². The van der Waals surface area contributed by atoms with Crippen molar-refractivity contribution < 1.29 is 28.2 Å². The molecular weight excluding hydrogens is 496 g/mol. The predicted octanol–water partition coefficient (Wildman–Crippen LogP) is 6.27. The largest absolute Gasteiger partial charge is 0.493 e. The molecule has 2 atom stereocenters. The molecule has 0 radical (unpaired) electrons. The molecule has 1 fully saturated rings. The van der Waals surface area contributed by atoms with E-state index in [-0.39, 0.29) is 17.7 Å². The summed E-state index contributed by atoms with van der Waals surface area (Å²) < 4.78 is 22.2. The molecule has 208 valence electrons. The molecule has 1 aliphatic carbocycles. The molecule has 2 amide bonds. The average Bonchev–Trinajstić information content (AvgIpc) is 3.69. The summed E-state index contributed by atoms with van der Waals surface area (Å²) in [7, 11) is 4.57. The van der Waals surface area contributed by atoms with Gasteiger partial charge in [0.2, 0.25) is 11.7 Å². The van der Waals surface area contributed by atoms with Gasteiger partial charge in [-0.1, -0.05) is 38.8 Å². The zero-order valence-corrected chi connectivity index (χ0v) is 23.4. The van der Waals surface area contributed by atoms with E-state index in [1.807, 2.05) is 24.3 Å². The summed E-state index contributed by atoms with van der Waals surface area (Å²) in [6.45, 7) is 4.30. The molecule has 39 heavy (non-hydrogen) atoms. The molecule has 0 saturated heterocycles. The van der Waals surface area contributed by atoms with Gasteiger partial charge in [0.15, 0.2) is 17.3 Å². The molecule has 2 aromatic carbocycles. The van der Waals surface area contributed by atoms with Crippen molar-refractivity contribution in [1.82, 2.24) is 5.32 Å². The lowest BCUT2D eigenvalue weighted by atomic mass is 9.97.